The topological polar surface area (TPSA) is 21.3 Å². The van der Waals surface area contributed by atoms with Gasteiger partial charge in [-0.05, 0) is 50.5 Å². The zero-order chi connectivity index (χ0) is 11.5. The van der Waals surface area contributed by atoms with Gasteiger partial charge in [0.25, 0.3) is 0 Å². The summed E-state index contributed by atoms with van der Waals surface area (Å²) >= 11 is 3.52. The van der Waals surface area contributed by atoms with Gasteiger partial charge in [-0.3, -0.25) is 0 Å². The summed E-state index contributed by atoms with van der Waals surface area (Å²) < 4.78 is 6.78. The second-order valence-corrected chi connectivity index (χ2v) is 5.53. The van der Waals surface area contributed by atoms with E-state index in [0.29, 0.717) is 0 Å². The van der Waals surface area contributed by atoms with E-state index in [2.05, 4.69) is 33.4 Å². The van der Waals surface area contributed by atoms with Crippen LogP contribution in [-0.2, 0) is 6.54 Å². The third kappa shape index (κ3) is 3.80. The van der Waals surface area contributed by atoms with E-state index in [1.807, 2.05) is 19.9 Å². The molecule has 0 heterocycles. The molecular formula is C13H18BrNO. The van der Waals surface area contributed by atoms with Crippen molar-refractivity contribution in [2.45, 2.75) is 45.4 Å². The van der Waals surface area contributed by atoms with Gasteiger partial charge in [-0.25, -0.2) is 0 Å². The maximum absolute atomic E-state index is 5.70. The second-order valence-electron chi connectivity index (χ2n) is 4.62. The van der Waals surface area contributed by atoms with E-state index in [1.54, 1.807) is 0 Å². The van der Waals surface area contributed by atoms with Crippen LogP contribution < -0.4 is 10.1 Å². The molecule has 0 atom stereocenters. The van der Waals surface area contributed by atoms with E-state index >= 15 is 0 Å². The van der Waals surface area contributed by atoms with Crippen molar-refractivity contribution in [1.29, 1.82) is 0 Å². The lowest BCUT2D eigenvalue weighted by atomic mass is 10.2. The summed E-state index contributed by atoms with van der Waals surface area (Å²) in [6.45, 7) is 5.02. The van der Waals surface area contributed by atoms with Crippen LogP contribution >= 0.6 is 15.9 Å². The zero-order valence-electron chi connectivity index (χ0n) is 9.79. The highest BCUT2D eigenvalue weighted by Crippen LogP contribution is 2.24. The highest BCUT2D eigenvalue weighted by molar-refractivity contribution is 9.10. The number of hydrogen-bond donors (Lipinski definition) is 1. The first-order chi connectivity index (χ1) is 7.63. The summed E-state index contributed by atoms with van der Waals surface area (Å²) in [6, 6.07) is 7.01. The van der Waals surface area contributed by atoms with E-state index in [0.717, 1.165) is 22.8 Å². The van der Waals surface area contributed by atoms with Gasteiger partial charge < -0.3 is 10.1 Å². The summed E-state index contributed by atoms with van der Waals surface area (Å²) in [5.74, 6) is 0.942. The van der Waals surface area contributed by atoms with Gasteiger partial charge in [0.2, 0.25) is 0 Å². The average Bonchev–Trinajstić information content (AvgIpc) is 2.95. The van der Waals surface area contributed by atoms with Crippen molar-refractivity contribution in [3.8, 4) is 5.75 Å². The van der Waals surface area contributed by atoms with Gasteiger partial charge >= 0.3 is 0 Å². The van der Waals surface area contributed by atoms with E-state index in [1.165, 1.54) is 18.4 Å². The molecule has 1 aromatic carbocycles. The summed E-state index contributed by atoms with van der Waals surface area (Å²) in [7, 11) is 0. The molecule has 0 radical (unpaired) electrons. The number of rotatable bonds is 5. The fourth-order valence-electron chi connectivity index (χ4n) is 1.61. The number of nitrogens with one attached hydrogen (secondary N) is 1. The van der Waals surface area contributed by atoms with E-state index in [-0.39, 0.29) is 6.10 Å². The molecule has 1 aliphatic carbocycles. The van der Waals surface area contributed by atoms with Gasteiger partial charge in [-0.1, -0.05) is 15.9 Å². The number of ether oxygens (including phenoxy) is 1. The number of benzene rings is 1. The Balaban J connectivity index is 2.01. The minimum Gasteiger partial charge on any atom is -0.491 e. The molecule has 1 saturated carbocycles. The monoisotopic (exact) mass is 283 g/mol. The standard InChI is InChI=1S/C13H18BrNO/c1-9(2)16-13-6-10(5-11(14)7-13)8-15-12-3-4-12/h5-7,9,12,15H,3-4,8H2,1-2H3. The van der Waals surface area contributed by atoms with Crippen LogP contribution in [0.4, 0.5) is 0 Å². The van der Waals surface area contributed by atoms with Gasteiger partial charge in [-0.2, -0.15) is 0 Å². The van der Waals surface area contributed by atoms with Crippen molar-refractivity contribution in [2.24, 2.45) is 0 Å². The molecule has 0 spiro atoms. The molecule has 0 aromatic heterocycles. The Labute approximate surface area is 106 Å². The number of halogens is 1. The molecule has 0 saturated heterocycles. The Bertz CT molecular complexity index is 361. The van der Waals surface area contributed by atoms with Crippen LogP contribution in [0.2, 0.25) is 0 Å². The van der Waals surface area contributed by atoms with Crippen LogP contribution in [0.3, 0.4) is 0 Å². The van der Waals surface area contributed by atoms with Crippen LogP contribution in [0.25, 0.3) is 0 Å². The molecule has 0 bridgehead atoms. The van der Waals surface area contributed by atoms with Gasteiger partial charge in [0.15, 0.2) is 0 Å². The van der Waals surface area contributed by atoms with Gasteiger partial charge in [0.05, 0.1) is 6.10 Å². The van der Waals surface area contributed by atoms with Gasteiger partial charge in [-0.15, -0.1) is 0 Å². The predicted molar refractivity (Wildman–Crippen MR) is 69.8 cm³/mol. The Kier molecular flexibility index (Phi) is 3.87. The van der Waals surface area contributed by atoms with Crippen LogP contribution in [0.5, 0.6) is 5.75 Å². The van der Waals surface area contributed by atoms with Crippen LogP contribution in [0.1, 0.15) is 32.3 Å². The summed E-state index contributed by atoms with van der Waals surface area (Å²) in [5.41, 5.74) is 1.27. The molecule has 1 aromatic rings. The lowest BCUT2D eigenvalue weighted by Gasteiger charge is -2.12. The van der Waals surface area contributed by atoms with Crippen molar-refractivity contribution in [3.63, 3.8) is 0 Å². The highest BCUT2D eigenvalue weighted by Gasteiger charge is 2.20. The normalized spacial score (nSPS) is 15.5. The van der Waals surface area contributed by atoms with Crippen molar-refractivity contribution >= 4 is 15.9 Å². The molecular weight excluding hydrogens is 266 g/mol. The van der Waals surface area contributed by atoms with Crippen molar-refractivity contribution < 1.29 is 4.74 Å². The van der Waals surface area contributed by atoms with Crippen molar-refractivity contribution in [1.82, 2.24) is 5.32 Å². The van der Waals surface area contributed by atoms with Crippen molar-refractivity contribution in [3.05, 3.63) is 28.2 Å². The van der Waals surface area contributed by atoms with Crippen LogP contribution in [0.15, 0.2) is 22.7 Å². The third-order valence-corrected chi connectivity index (χ3v) is 2.93. The summed E-state index contributed by atoms with van der Waals surface area (Å²) in [5, 5.41) is 3.50. The SMILES string of the molecule is CC(C)Oc1cc(Br)cc(CNC2CC2)c1. The minimum absolute atomic E-state index is 0.221. The molecule has 16 heavy (non-hydrogen) atoms. The maximum Gasteiger partial charge on any atom is 0.121 e. The zero-order valence-corrected chi connectivity index (χ0v) is 11.4. The largest absolute Gasteiger partial charge is 0.491 e. The molecule has 0 unspecified atom stereocenters. The van der Waals surface area contributed by atoms with E-state index < -0.39 is 0 Å². The van der Waals surface area contributed by atoms with E-state index in [4.69, 9.17) is 4.74 Å². The smallest absolute Gasteiger partial charge is 0.121 e. The third-order valence-electron chi connectivity index (χ3n) is 2.48. The first-order valence-corrected chi connectivity index (χ1v) is 6.62. The predicted octanol–water partition coefficient (Wildman–Crippen LogP) is 3.49. The van der Waals surface area contributed by atoms with Gasteiger partial charge in [0.1, 0.15) is 5.75 Å². The van der Waals surface area contributed by atoms with E-state index in [9.17, 15) is 0 Å². The lowest BCUT2D eigenvalue weighted by molar-refractivity contribution is 0.242. The molecule has 0 amide bonds. The summed E-state index contributed by atoms with van der Waals surface area (Å²) in [6.07, 6.45) is 2.87. The number of hydrogen-bond acceptors (Lipinski definition) is 2. The molecule has 88 valence electrons. The van der Waals surface area contributed by atoms with Crippen LogP contribution in [-0.4, -0.2) is 12.1 Å². The lowest BCUT2D eigenvalue weighted by Crippen LogP contribution is -2.15. The first-order valence-electron chi connectivity index (χ1n) is 5.83. The van der Waals surface area contributed by atoms with Gasteiger partial charge in [0, 0.05) is 17.1 Å². The molecule has 1 N–H and O–H groups in total. The molecule has 1 fully saturated rings. The maximum atomic E-state index is 5.70. The molecule has 3 heteroatoms. The minimum atomic E-state index is 0.221. The first kappa shape index (κ1) is 11.9. The molecule has 2 rings (SSSR count). The Hall–Kier alpha value is -0.540. The van der Waals surface area contributed by atoms with Crippen molar-refractivity contribution in [2.75, 3.05) is 0 Å². The highest BCUT2D eigenvalue weighted by atomic mass is 79.9. The Morgan fingerprint density at radius 3 is 2.75 bits per heavy atom. The molecule has 1 aliphatic rings. The molecule has 0 aliphatic heterocycles. The van der Waals surface area contributed by atoms with Crippen LogP contribution in [0, 0.1) is 0 Å². The average molecular weight is 284 g/mol. The fraction of sp³-hybridized carbons (Fsp3) is 0.538. The second kappa shape index (κ2) is 5.19. The summed E-state index contributed by atoms with van der Waals surface area (Å²) in [4.78, 5) is 0. The fourth-order valence-corrected chi connectivity index (χ4v) is 2.13. The Morgan fingerprint density at radius 2 is 2.12 bits per heavy atom. The quantitative estimate of drug-likeness (QED) is 0.893. The molecule has 2 nitrogen and oxygen atoms in total. The Morgan fingerprint density at radius 1 is 1.38 bits per heavy atom.